The molecule has 1 fully saturated rings. The van der Waals surface area contributed by atoms with Crippen LogP contribution >= 0.6 is 0 Å². The first-order valence-corrected chi connectivity index (χ1v) is 5.73. The molecule has 1 rings (SSSR count). The maximum absolute atomic E-state index is 11.7. The SMILES string of the molecule is CCC(C)(C#N)C(=O)NCC(C)C1CC1. The van der Waals surface area contributed by atoms with Gasteiger partial charge in [-0.25, -0.2) is 0 Å². The number of nitrogens with zero attached hydrogens (tertiary/aromatic N) is 1. The summed E-state index contributed by atoms with van der Waals surface area (Å²) in [5.41, 5.74) is -0.858. The van der Waals surface area contributed by atoms with E-state index in [2.05, 4.69) is 18.3 Å². The van der Waals surface area contributed by atoms with Crippen molar-refractivity contribution in [1.82, 2.24) is 5.32 Å². The summed E-state index contributed by atoms with van der Waals surface area (Å²) in [6.07, 6.45) is 3.15. The van der Waals surface area contributed by atoms with E-state index in [1.807, 2.05) is 6.92 Å². The summed E-state index contributed by atoms with van der Waals surface area (Å²) in [6.45, 7) is 6.44. The van der Waals surface area contributed by atoms with Crippen LogP contribution in [0.3, 0.4) is 0 Å². The van der Waals surface area contributed by atoms with Gasteiger partial charge in [-0.3, -0.25) is 4.79 Å². The Hall–Kier alpha value is -1.04. The van der Waals surface area contributed by atoms with Crippen LogP contribution in [-0.2, 0) is 4.79 Å². The predicted molar refractivity (Wildman–Crippen MR) is 58.9 cm³/mol. The summed E-state index contributed by atoms with van der Waals surface area (Å²) in [6, 6.07) is 2.08. The van der Waals surface area contributed by atoms with Gasteiger partial charge in [-0.15, -0.1) is 0 Å². The Kier molecular flexibility index (Phi) is 3.73. The summed E-state index contributed by atoms with van der Waals surface area (Å²) in [4.78, 5) is 11.7. The number of carbonyl (C=O) groups is 1. The fraction of sp³-hybridized carbons (Fsp3) is 0.833. The first-order chi connectivity index (χ1) is 7.03. The Balaban J connectivity index is 2.37. The van der Waals surface area contributed by atoms with Gasteiger partial charge in [-0.1, -0.05) is 13.8 Å². The molecule has 1 aliphatic carbocycles. The van der Waals surface area contributed by atoms with Crippen molar-refractivity contribution in [2.45, 2.75) is 40.0 Å². The molecule has 0 saturated heterocycles. The fourth-order valence-corrected chi connectivity index (χ4v) is 1.57. The molecule has 3 heteroatoms. The van der Waals surface area contributed by atoms with Gasteiger partial charge in [-0.05, 0) is 38.0 Å². The van der Waals surface area contributed by atoms with Crippen LogP contribution in [-0.4, -0.2) is 12.5 Å². The normalized spacial score (nSPS) is 21.2. The molecule has 0 heterocycles. The zero-order valence-corrected chi connectivity index (χ0v) is 9.84. The van der Waals surface area contributed by atoms with Crippen LogP contribution in [0.25, 0.3) is 0 Å². The molecule has 15 heavy (non-hydrogen) atoms. The van der Waals surface area contributed by atoms with Crippen molar-refractivity contribution in [2.75, 3.05) is 6.54 Å². The van der Waals surface area contributed by atoms with Crippen LogP contribution in [0.15, 0.2) is 0 Å². The van der Waals surface area contributed by atoms with Gasteiger partial charge in [0.25, 0.3) is 0 Å². The molecule has 1 aliphatic rings. The Morgan fingerprint density at radius 3 is 2.67 bits per heavy atom. The van der Waals surface area contributed by atoms with Crippen LogP contribution in [0.1, 0.15) is 40.0 Å². The number of rotatable bonds is 5. The van der Waals surface area contributed by atoms with E-state index in [-0.39, 0.29) is 5.91 Å². The van der Waals surface area contributed by atoms with Crippen LogP contribution in [0.2, 0.25) is 0 Å². The largest absolute Gasteiger partial charge is 0.354 e. The average molecular weight is 208 g/mol. The van der Waals surface area contributed by atoms with Crippen molar-refractivity contribution in [3.05, 3.63) is 0 Å². The first-order valence-electron chi connectivity index (χ1n) is 5.73. The number of amides is 1. The molecule has 2 unspecified atom stereocenters. The maximum atomic E-state index is 11.7. The number of hydrogen-bond acceptors (Lipinski definition) is 2. The molecular formula is C12H20N2O. The fourth-order valence-electron chi connectivity index (χ4n) is 1.57. The lowest BCUT2D eigenvalue weighted by Crippen LogP contribution is -2.39. The molecule has 1 N–H and O–H groups in total. The number of carbonyl (C=O) groups excluding carboxylic acids is 1. The second-order valence-corrected chi connectivity index (χ2v) is 4.82. The van der Waals surface area contributed by atoms with Crippen LogP contribution in [0.4, 0.5) is 0 Å². The quantitative estimate of drug-likeness (QED) is 0.752. The minimum atomic E-state index is -0.858. The molecule has 0 spiro atoms. The zero-order valence-electron chi connectivity index (χ0n) is 9.84. The topological polar surface area (TPSA) is 52.9 Å². The van der Waals surface area contributed by atoms with Gasteiger partial charge in [-0.2, -0.15) is 5.26 Å². The van der Waals surface area contributed by atoms with Crippen molar-refractivity contribution in [1.29, 1.82) is 5.26 Å². The second kappa shape index (κ2) is 4.65. The third-order valence-corrected chi connectivity index (χ3v) is 3.47. The van der Waals surface area contributed by atoms with Gasteiger partial charge in [0.15, 0.2) is 0 Å². The van der Waals surface area contributed by atoms with Gasteiger partial charge in [0, 0.05) is 6.54 Å². The van der Waals surface area contributed by atoms with E-state index in [9.17, 15) is 4.79 Å². The Morgan fingerprint density at radius 1 is 1.67 bits per heavy atom. The molecule has 0 aromatic carbocycles. The molecule has 3 nitrogen and oxygen atoms in total. The number of hydrogen-bond donors (Lipinski definition) is 1. The van der Waals surface area contributed by atoms with Crippen molar-refractivity contribution in [2.24, 2.45) is 17.3 Å². The molecular weight excluding hydrogens is 188 g/mol. The Labute approximate surface area is 91.9 Å². The molecule has 2 atom stereocenters. The van der Waals surface area contributed by atoms with E-state index in [1.54, 1.807) is 6.92 Å². The minimum Gasteiger partial charge on any atom is -0.354 e. The maximum Gasteiger partial charge on any atom is 0.240 e. The molecule has 0 aliphatic heterocycles. The Bertz CT molecular complexity index is 278. The molecule has 84 valence electrons. The van der Waals surface area contributed by atoms with E-state index < -0.39 is 5.41 Å². The molecule has 1 saturated carbocycles. The monoisotopic (exact) mass is 208 g/mol. The summed E-state index contributed by atoms with van der Waals surface area (Å²) in [5, 5.41) is 11.8. The van der Waals surface area contributed by atoms with Gasteiger partial charge in [0.2, 0.25) is 5.91 Å². The second-order valence-electron chi connectivity index (χ2n) is 4.82. The van der Waals surface area contributed by atoms with Crippen LogP contribution in [0, 0.1) is 28.6 Å². The van der Waals surface area contributed by atoms with E-state index in [0.717, 1.165) is 5.92 Å². The first kappa shape index (κ1) is 12.0. The lowest BCUT2D eigenvalue weighted by atomic mass is 9.88. The number of nitrogens with one attached hydrogen (secondary N) is 1. The Morgan fingerprint density at radius 2 is 2.27 bits per heavy atom. The minimum absolute atomic E-state index is 0.125. The number of nitriles is 1. The molecule has 1 amide bonds. The van der Waals surface area contributed by atoms with Crippen molar-refractivity contribution in [3.63, 3.8) is 0 Å². The molecule has 0 aromatic heterocycles. The molecule has 0 aromatic rings. The van der Waals surface area contributed by atoms with E-state index in [4.69, 9.17) is 5.26 Å². The van der Waals surface area contributed by atoms with E-state index in [0.29, 0.717) is 18.9 Å². The van der Waals surface area contributed by atoms with Crippen molar-refractivity contribution in [3.8, 4) is 6.07 Å². The van der Waals surface area contributed by atoms with Gasteiger partial charge >= 0.3 is 0 Å². The smallest absolute Gasteiger partial charge is 0.240 e. The zero-order chi connectivity index (χ0) is 11.5. The average Bonchev–Trinajstić information content (AvgIpc) is 3.07. The highest BCUT2D eigenvalue weighted by molar-refractivity contribution is 5.84. The highest BCUT2D eigenvalue weighted by atomic mass is 16.2. The van der Waals surface area contributed by atoms with Crippen molar-refractivity contribution >= 4 is 5.91 Å². The van der Waals surface area contributed by atoms with Crippen molar-refractivity contribution < 1.29 is 4.79 Å². The molecule has 0 bridgehead atoms. The lowest BCUT2D eigenvalue weighted by Gasteiger charge is -2.20. The van der Waals surface area contributed by atoms with Gasteiger partial charge < -0.3 is 5.32 Å². The van der Waals surface area contributed by atoms with Gasteiger partial charge in [0.05, 0.1) is 6.07 Å². The molecule has 0 radical (unpaired) electrons. The predicted octanol–water partition coefficient (Wildman–Crippen LogP) is 2.09. The third kappa shape index (κ3) is 2.95. The summed E-state index contributed by atoms with van der Waals surface area (Å²) >= 11 is 0. The lowest BCUT2D eigenvalue weighted by molar-refractivity contribution is -0.127. The standard InChI is InChI=1S/C12H20N2O/c1-4-12(3,8-13)11(15)14-7-9(2)10-5-6-10/h9-10H,4-7H2,1-3H3,(H,14,15). The highest BCUT2D eigenvalue weighted by Crippen LogP contribution is 2.36. The van der Waals surface area contributed by atoms with Crippen LogP contribution < -0.4 is 5.32 Å². The van der Waals surface area contributed by atoms with E-state index >= 15 is 0 Å². The van der Waals surface area contributed by atoms with Gasteiger partial charge in [0.1, 0.15) is 5.41 Å². The third-order valence-electron chi connectivity index (χ3n) is 3.47. The van der Waals surface area contributed by atoms with Crippen LogP contribution in [0.5, 0.6) is 0 Å². The summed E-state index contributed by atoms with van der Waals surface area (Å²) in [5.74, 6) is 1.22. The highest BCUT2D eigenvalue weighted by Gasteiger charge is 2.33. The summed E-state index contributed by atoms with van der Waals surface area (Å²) < 4.78 is 0. The summed E-state index contributed by atoms with van der Waals surface area (Å²) in [7, 11) is 0. The van der Waals surface area contributed by atoms with E-state index in [1.165, 1.54) is 12.8 Å².